The van der Waals surface area contributed by atoms with Crippen LogP contribution in [0.2, 0.25) is 0 Å². The maximum atomic E-state index is 13.0. The van der Waals surface area contributed by atoms with E-state index in [0.717, 1.165) is 11.3 Å². The molecule has 0 atom stereocenters. The molecule has 0 aliphatic heterocycles. The lowest BCUT2D eigenvalue weighted by Gasteiger charge is -2.07. The van der Waals surface area contributed by atoms with Crippen LogP contribution in [-0.4, -0.2) is 0 Å². The van der Waals surface area contributed by atoms with Crippen LogP contribution in [-0.2, 0) is 6.61 Å². The number of allylic oxidation sites excluding steroid dienone is 2. The van der Waals surface area contributed by atoms with E-state index in [-0.39, 0.29) is 5.82 Å². The van der Waals surface area contributed by atoms with Crippen LogP contribution in [0.25, 0.3) is 5.57 Å². The first kappa shape index (κ1) is 13.3. The van der Waals surface area contributed by atoms with Crippen molar-refractivity contribution >= 4 is 5.57 Å². The fraction of sp³-hybridized carbons (Fsp3) is 0.176. The Kier molecular flexibility index (Phi) is 4.35. The Bertz CT molecular complexity index is 570. The van der Waals surface area contributed by atoms with Gasteiger partial charge in [-0.3, -0.25) is 0 Å². The lowest BCUT2D eigenvalue weighted by atomic mass is 10.1. The molecular weight excluding hydrogens is 239 g/mol. The fourth-order valence-electron chi connectivity index (χ4n) is 1.77. The lowest BCUT2D eigenvalue weighted by molar-refractivity contribution is 0.305. The van der Waals surface area contributed by atoms with Crippen molar-refractivity contribution < 1.29 is 9.13 Å². The SMILES string of the molecule is CC=C(C)c1ccc(OCc2cccc(F)c2)cc1. The summed E-state index contributed by atoms with van der Waals surface area (Å²) in [6.45, 7) is 4.46. The van der Waals surface area contributed by atoms with E-state index in [2.05, 4.69) is 13.0 Å². The molecule has 0 bridgehead atoms. The molecule has 0 amide bonds. The van der Waals surface area contributed by atoms with Crippen molar-refractivity contribution in [2.75, 3.05) is 0 Å². The highest BCUT2D eigenvalue weighted by Crippen LogP contribution is 2.19. The van der Waals surface area contributed by atoms with Crippen molar-refractivity contribution in [1.29, 1.82) is 0 Å². The summed E-state index contributed by atoms with van der Waals surface area (Å²) in [6, 6.07) is 14.4. The normalized spacial score (nSPS) is 11.4. The van der Waals surface area contributed by atoms with Crippen molar-refractivity contribution in [1.82, 2.24) is 0 Å². The second-order valence-electron chi connectivity index (χ2n) is 4.41. The summed E-state index contributed by atoms with van der Waals surface area (Å²) in [7, 11) is 0. The summed E-state index contributed by atoms with van der Waals surface area (Å²) < 4.78 is 18.6. The van der Waals surface area contributed by atoms with E-state index in [1.54, 1.807) is 6.07 Å². The maximum absolute atomic E-state index is 13.0. The zero-order chi connectivity index (χ0) is 13.7. The molecule has 0 fully saturated rings. The topological polar surface area (TPSA) is 9.23 Å². The molecule has 0 unspecified atom stereocenters. The molecule has 0 aromatic heterocycles. The van der Waals surface area contributed by atoms with Gasteiger partial charge in [0.25, 0.3) is 0 Å². The Labute approximate surface area is 113 Å². The quantitative estimate of drug-likeness (QED) is 0.761. The van der Waals surface area contributed by atoms with Gasteiger partial charge in [0.05, 0.1) is 0 Å². The smallest absolute Gasteiger partial charge is 0.123 e. The minimum absolute atomic E-state index is 0.236. The van der Waals surface area contributed by atoms with Crippen LogP contribution in [0.1, 0.15) is 25.0 Å². The highest BCUT2D eigenvalue weighted by molar-refractivity contribution is 5.63. The van der Waals surface area contributed by atoms with Crippen molar-refractivity contribution in [3.8, 4) is 5.75 Å². The van der Waals surface area contributed by atoms with Gasteiger partial charge in [-0.1, -0.05) is 30.3 Å². The van der Waals surface area contributed by atoms with Crippen LogP contribution in [0.3, 0.4) is 0 Å². The number of hydrogen-bond donors (Lipinski definition) is 0. The zero-order valence-electron chi connectivity index (χ0n) is 11.2. The predicted molar refractivity (Wildman–Crippen MR) is 76.5 cm³/mol. The lowest BCUT2D eigenvalue weighted by Crippen LogP contribution is -1.95. The Morgan fingerprint density at radius 2 is 1.89 bits per heavy atom. The minimum atomic E-state index is -0.236. The number of ether oxygens (including phenoxy) is 1. The first-order valence-electron chi connectivity index (χ1n) is 6.29. The zero-order valence-corrected chi connectivity index (χ0v) is 11.2. The van der Waals surface area contributed by atoms with E-state index in [9.17, 15) is 4.39 Å². The summed E-state index contributed by atoms with van der Waals surface area (Å²) in [4.78, 5) is 0. The van der Waals surface area contributed by atoms with Crippen LogP contribution in [0.15, 0.2) is 54.6 Å². The molecule has 0 saturated carbocycles. The molecule has 0 N–H and O–H groups in total. The summed E-state index contributed by atoms with van der Waals surface area (Å²) in [5.74, 6) is 0.553. The number of halogens is 1. The average molecular weight is 256 g/mol. The third kappa shape index (κ3) is 3.68. The summed E-state index contributed by atoms with van der Waals surface area (Å²) in [5, 5.41) is 0. The maximum Gasteiger partial charge on any atom is 0.123 e. The molecule has 0 radical (unpaired) electrons. The van der Waals surface area contributed by atoms with Crippen molar-refractivity contribution in [2.24, 2.45) is 0 Å². The van der Waals surface area contributed by atoms with Crippen molar-refractivity contribution in [3.05, 3.63) is 71.6 Å². The first-order chi connectivity index (χ1) is 9.19. The average Bonchev–Trinajstić information content (AvgIpc) is 2.45. The van der Waals surface area contributed by atoms with E-state index < -0.39 is 0 Å². The van der Waals surface area contributed by atoms with Gasteiger partial charge in [0.2, 0.25) is 0 Å². The molecule has 2 heteroatoms. The molecule has 0 aliphatic rings. The van der Waals surface area contributed by atoms with E-state index >= 15 is 0 Å². The molecule has 1 nitrogen and oxygen atoms in total. The Balaban J connectivity index is 2.00. The van der Waals surface area contributed by atoms with E-state index in [1.807, 2.05) is 37.3 Å². The molecule has 0 heterocycles. The van der Waals surface area contributed by atoms with Gasteiger partial charge >= 0.3 is 0 Å². The molecule has 0 saturated heterocycles. The van der Waals surface area contributed by atoms with E-state index in [0.29, 0.717) is 6.61 Å². The van der Waals surface area contributed by atoms with Gasteiger partial charge in [0.15, 0.2) is 0 Å². The highest BCUT2D eigenvalue weighted by atomic mass is 19.1. The van der Waals surface area contributed by atoms with Crippen LogP contribution in [0.5, 0.6) is 5.75 Å². The van der Waals surface area contributed by atoms with E-state index in [1.165, 1.54) is 23.3 Å². The monoisotopic (exact) mass is 256 g/mol. The molecule has 2 aromatic rings. The third-order valence-corrected chi connectivity index (χ3v) is 3.04. The molecule has 0 aliphatic carbocycles. The first-order valence-corrected chi connectivity index (χ1v) is 6.29. The second kappa shape index (κ2) is 6.19. The van der Waals surface area contributed by atoms with Gasteiger partial charge in [0, 0.05) is 0 Å². The Morgan fingerprint density at radius 3 is 2.53 bits per heavy atom. The van der Waals surface area contributed by atoms with Gasteiger partial charge < -0.3 is 4.74 Å². The molecule has 19 heavy (non-hydrogen) atoms. The standard InChI is InChI=1S/C17H17FO/c1-3-13(2)15-7-9-17(10-8-15)19-12-14-5-4-6-16(18)11-14/h3-11H,12H2,1-2H3. The number of benzene rings is 2. The molecule has 2 rings (SSSR count). The van der Waals surface area contributed by atoms with Gasteiger partial charge in [-0.2, -0.15) is 0 Å². The molecule has 0 spiro atoms. The number of rotatable bonds is 4. The summed E-state index contributed by atoms with van der Waals surface area (Å²) >= 11 is 0. The number of hydrogen-bond acceptors (Lipinski definition) is 1. The largest absolute Gasteiger partial charge is 0.489 e. The summed E-state index contributed by atoms with van der Waals surface area (Å²) in [6.07, 6.45) is 2.07. The second-order valence-corrected chi connectivity index (χ2v) is 4.41. The minimum Gasteiger partial charge on any atom is -0.489 e. The van der Waals surface area contributed by atoms with Gasteiger partial charge in [-0.05, 0) is 54.8 Å². The highest BCUT2D eigenvalue weighted by Gasteiger charge is 1.99. The van der Waals surface area contributed by atoms with Crippen molar-refractivity contribution in [2.45, 2.75) is 20.5 Å². The van der Waals surface area contributed by atoms with Crippen LogP contribution < -0.4 is 4.74 Å². The predicted octanol–water partition coefficient (Wildman–Crippen LogP) is 4.83. The van der Waals surface area contributed by atoms with Crippen molar-refractivity contribution in [3.63, 3.8) is 0 Å². The fourth-order valence-corrected chi connectivity index (χ4v) is 1.77. The van der Waals surface area contributed by atoms with Gasteiger partial charge in [-0.25, -0.2) is 4.39 Å². The van der Waals surface area contributed by atoms with E-state index in [4.69, 9.17) is 4.74 Å². The Hall–Kier alpha value is -2.09. The molecule has 98 valence electrons. The molecular formula is C17H17FO. The van der Waals surface area contributed by atoms with Crippen LogP contribution in [0.4, 0.5) is 4.39 Å². The molecule has 2 aromatic carbocycles. The summed E-state index contributed by atoms with van der Waals surface area (Å²) in [5.41, 5.74) is 3.24. The Morgan fingerprint density at radius 1 is 1.16 bits per heavy atom. The van der Waals surface area contributed by atoms with Crippen LogP contribution in [0, 0.1) is 5.82 Å². The van der Waals surface area contributed by atoms with Gasteiger partial charge in [0.1, 0.15) is 18.2 Å². The van der Waals surface area contributed by atoms with Crippen LogP contribution >= 0.6 is 0 Å². The van der Waals surface area contributed by atoms with Gasteiger partial charge in [-0.15, -0.1) is 0 Å². The third-order valence-electron chi connectivity index (χ3n) is 3.04.